The first-order valence-corrected chi connectivity index (χ1v) is 30.9. The molecule has 1 aliphatic heterocycles. The summed E-state index contributed by atoms with van der Waals surface area (Å²) in [6, 6.07) is 0. The molecule has 0 bridgehead atoms. The zero-order valence-corrected chi connectivity index (χ0v) is 49.3. The minimum absolute atomic E-state index is 0.0141. The van der Waals surface area contributed by atoms with Crippen molar-refractivity contribution in [1.29, 1.82) is 0 Å². The summed E-state index contributed by atoms with van der Waals surface area (Å²) in [5.74, 6) is -3.20. The molecule has 6 atom stereocenters. The molecule has 0 aromatic heterocycles. The van der Waals surface area contributed by atoms with Crippen LogP contribution in [0.15, 0.2) is 109 Å². The number of carbonyl (C=O) groups is 4. The molecule has 1 fully saturated rings. The van der Waals surface area contributed by atoms with E-state index in [1.165, 1.54) is 38.5 Å². The Morgan fingerprint density at radius 1 is 0.430 bits per heavy atom. The van der Waals surface area contributed by atoms with Crippen molar-refractivity contribution in [2.24, 2.45) is 0 Å². The summed E-state index contributed by atoms with van der Waals surface area (Å²) >= 11 is 0. The van der Waals surface area contributed by atoms with E-state index in [2.05, 4.69) is 130 Å². The summed E-state index contributed by atoms with van der Waals surface area (Å²) in [6.45, 7) is 5.78. The van der Waals surface area contributed by atoms with Gasteiger partial charge in [-0.25, -0.2) is 4.79 Å². The second-order valence-electron chi connectivity index (χ2n) is 20.6. The number of aliphatic hydroxyl groups is 2. The average molecular weight is 1110 g/mol. The van der Waals surface area contributed by atoms with Crippen LogP contribution in [0.1, 0.15) is 239 Å². The van der Waals surface area contributed by atoms with E-state index in [4.69, 9.17) is 23.7 Å². The number of aliphatic carboxylic acids is 1. The first-order chi connectivity index (χ1) is 38.6. The Morgan fingerprint density at radius 2 is 0.810 bits per heavy atom. The molecule has 3 N–H and O–H groups in total. The van der Waals surface area contributed by atoms with Gasteiger partial charge in [0.1, 0.15) is 18.8 Å². The summed E-state index contributed by atoms with van der Waals surface area (Å²) in [5.41, 5.74) is 0. The minimum atomic E-state index is -1.92. The maximum atomic E-state index is 13.1. The maximum absolute atomic E-state index is 13.1. The highest BCUT2D eigenvalue weighted by Crippen LogP contribution is 2.26. The van der Waals surface area contributed by atoms with Crippen LogP contribution in [0.4, 0.5) is 0 Å². The van der Waals surface area contributed by atoms with Gasteiger partial charge in [-0.05, 0) is 122 Å². The van der Waals surface area contributed by atoms with Crippen LogP contribution in [0, 0.1) is 0 Å². The molecule has 1 aliphatic rings. The number of allylic oxidation sites excluding steroid dienone is 18. The molecule has 0 amide bonds. The van der Waals surface area contributed by atoms with E-state index >= 15 is 0 Å². The molecule has 0 radical (unpaired) electrons. The lowest BCUT2D eigenvalue weighted by atomic mass is 9.98. The molecule has 79 heavy (non-hydrogen) atoms. The highest BCUT2D eigenvalue weighted by Gasteiger charge is 2.50. The Morgan fingerprint density at radius 3 is 1.28 bits per heavy atom. The molecule has 1 heterocycles. The molecular formula is C67H108O12. The number of carbonyl (C=O) groups excluding carboxylic acids is 3. The lowest BCUT2D eigenvalue weighted by molar-refractivity contribution is -0.301. The number of esters is 3. The van der Waals surface area contributed by atoms with Crippen molar-refractivity contribution < 1.29 is 58.2 Å². The zero-order valence-electron chi connectivity index (χ0n) is 49.3. The van der Waals surface area contributed by atoms with Gasteiger partial charge in [0.25, 0.3) is 0 Å². The van der Waals surface area contributed by atoms with Crippen LogP contribution in [0.2, 0.25) is 0 Å². The van der Waals surface area contributed by atoms with Crippen LogP contribution < -0.4 is 0 Å². The second-order valence-corrected chi connectivity index (χ2v) is 20.6. The fourth-order valence-corrected chi connectivity index (χ4v) is 8.56. The zero-order chi connectivity index (χ0) is 57.5. The Bertz CT molecular complexity index is 1790. The van der Waals surface area contributed by atoms with Gasteiger partial charge in [0.05, 0.1) is 6.61 Å². The average Bonchev–Trinajstić information content (AvgIpc) is 3.43. The van der Waals surface area contributed by atoms with Crippen molar-refractivity contribution in [2.45, 2.75) is 276 Å². The Hall–Kier alpha value is -4.62. The van der Waals surface area contributed by atoms with Crippen molar-refractivity contribution in [2.75, 3.05) is 13.2 Å². The van der Waals surface area contributed by atoms with Crippen LogP contribution in [-0.4, -0.2) is 89.2 Å². The van der Waals surface area contributed by atoms with E-state index in [-0.39, 0.29) is 25.9 Å². The Kier molecular flexibility index (Phi) is 49.5. The maximum Gasteiger partial charge on any atom is 0.335 e. The summed E-state index contributed by atoms with van der Waals surface area (Å²) in [7, 11) is 0. The molecule has 0 saturated carbocycles. The van der Waals surface area contributed by atoms with E-state index in [1.54, 1.807) is 0 Å². The van der Waals surface area contributed by atoms with E-state index < -0.39 is 67.3 Å². The van der Waals surface area contributed by atoms with Gasteiger partial charge < -0.3 is 39.0 Å². The third-order valence-corrected chi connectivity index (χ3v) is 13.3. The van der Waals surface area contributed by atoms with E-state index in [0.29, 0.717) is 19.3 Å². The highest BCUT2D eigenvalue weighted by molar-refractivity contribution is 5.74. The molecule has 6 unspecified atom stereocenters. The third kappa shape index (κ3) is 43.8. The molecule has 12 heteroatoms. The summed E-state index contributed by atoms with van der Waals surface area (Å²) in [5, 5.41) is 31.5. The van der Waals surface area contributed by atoms with Crippen molar-refractivity contribution in [3.05, 3.63) is 109 Å². The van der Waals surface area contributed by atoms with Gasteiger partial charge >= 0.3 is 23.9 Å². The van der Waals surface area contributed by atoms with Crippen molar-refractivity contribution in [3.8, 4) is 0 Å². The summed E-state index contributed by atoms with van der Waals surface area (Å²) < 4.78 is 28.4. The first-order valence-electron chi connectivity index (χ1n) is 30.9. The van der Waals surface area contributed by atoms with Gasteiger partial charge in [0.2, 0.25) is 0 Å². The van der Waals surface area contributed by atoms with E-state index in [0.717, 1.165) is 141 Å². The summed E-state index contributed by atoms with van der Waals surface area (Å²) in [6.07, 6.45) is 60.5. The summed E-state index contributed by atoms with van der Waals surface area (Å²) in [4.78, 5) is 51.2. The number of hydrogen-bond donors (Lipinski definition) is 3. The highest BCUT2D eigenvalue weighted by atomic mass is 16.7. The Labute approximate surface area is 478 Å². The molecule has 448 valence electrons. The van der Waals surface area contributed by atoms with Crippen LogP contribution in [0.3, 0.4) is 0 Å². The van der Waals surface area contributed by atoms with Crippen molar-refractivity contribution in [1.82, 2.24) is 0 Å². The van der Waals surface area contributed by atoms with Crippen LogP contribution in [0.5, 0.6) is 0 Å². The number of carboxylic acid groups (broad SMARTS) is 1. The molecule has 12 nitrogen and oxygen atoms in total. The minimum Gasteiger partial charge on any atom is -0.479 e. The van der Waals surface area contributed by atoms with Crippen LogP contribution in [-0.2, 0) is 42.9 Å². The Balaban J connectivity index is 2.68. The molecule has 0 spiro atoms. The lowest BCUT2D eigenvalue weighted by Crippen LogP contribution is -2.61. The number of rotatable bonds is 51. The number of ether oxygens (including phenoxy) is 5. The molecule has 0 aliphatic carbocycles. The first kappa shape index (κ1) is 72.4. The van der Waals surface area contributed by atoms with Crippen molar-refractivity contribution >= 4 is 23.9 Å². The number of carboxylic acids is 1. The van der Waals surface area contributed by atoms with Gasteiger partial charge in [-0.1, -0.05) is 207 Å². The van der Waals surface area contributed by atoms with Crippen LogP contribution >= 0.6 is 0 Å². The molecular weight excluding hydrogens is 997 g/mol. The predicted molar refractivity (Wildman–Crippen MR) is 321 cm³/mol. The standard InChI is InChI=1S/C67H108O12/c1-4-7-10-13-16-19-22-24-26-28-30-32-34-36-39-41-44-47-50-53-59(68)75-56-58(77-60(69)54-51-48-45-42-38-21-18-15-12-9-6-3)57-76-67-65(63(72)62(71)64(79-67)66(73)74)78-61(70)55-52-49-46-43-40-37-35-33-31-29-27-25-23-20-17-14-11-8-5-2/h8,11,15-20,24-27,30-33,37,40,58,62-65,67,71-72H,4-7,9-10,12-14,21-23,28-29,34-36,38-39,41-57H2,1-3H3,(H,73,74)/b11-8-,18-15-,19-16-,20-17-,26-24-,27-25-,32-30-,33-31-,40-37-. The molecule has 0 aromatic rings. The quantitative estimate of drug-likeness (QED) is 0.0228. The van der Waals surface area contributed by atoms with Gasteiger partial charge in [-0.15, -0.1) is 0 Å². The van der Waals surface area contributed by atoms with Gasteiger partial charge in [0, 0.05) is 19.3 Å². The topological polar surface area (TPSA) is 175 Å². The van der Waals surface area contributed by atoms with E-state index in [9.17, 15) is 34.5 Å². The van der Waals surface area contributed by atoms with Gasteiger partial charge in [-0.2, -0.15) is 0 Å². The monoisotopic (exact) mass is 1100 g/mol. The van der Waals surface area contributed by atoms with E-state index in [1.807, 2.05) is 0 Å². The fourth-order valence-electron chi connectivity index (χ4n) is 8.56. The molecule has 0 aromatic carbocycles. The lowest BCUT2D eigenvalue weighted by Gasteiger charge is -2.40. The van der Waals surface area contributed by atoms with Crippen LogP contribution in [0.25, 0.3) is 0 Å². The second kappa shape index (κ2) is 54.0. The predicted octanol–water partition coefficient (Wildman–Crippen LogP) is 16.2. The number of aliphatic hydroxyl groups excluding tert-OH is 2. The van der Waals surface area contributed by atoms with Gasteiger partial charge in [-0.3, -0.25) is 14.4 Å². The molecule has 1 saturated heterocycles. The SMILES string of the molecule is CC/C=C\C/C=C\C/C=C\C/C=C\C/C=C\CCCCCC(=O)OC1C(OCC(COC(=O)CCCCCCCC/C=C\C/C=C\C/C=C\CCCCC)OC(=O)CCCCCCC/C=C\CCCC)OC(C(=O)O)C(O)C1O. The van der Waals surface area contributed by atoms with Gasteiger partial charge in [0.15, 0.2) is 24.6 Å². The largest absolute Gasteiger partial charge is 0.479 e. The number of hydrogen-bond acceptors (Lipinski definition) is 11. The molecule has 1 rings (SSSR count). The number of unbranched alkanes of at least 4 members (excludes halogenated alkanes) is 19. The normalized spacial score (nSPS) is 18.6. The van der Waals surface area contributed by atoms with Crippen molar-refractivity contribution in [3.63, 3.8) is 0 Å². The smallest absolute Gasteiger partial charge is 0.335 e. The third-order valence-electron chi connectivity index (χ3n) is 13.3. The fraction of sp³-hybridized carbons (Fsp3) is 0.672.